The van der Waals surface area contributed by atoms with Gasteiger partial charge in [0.25, 0.3) is 5.91 Å². The van der Waals surface area contributed by atoms with Crippen LogP contribution >= 0.6 is 0 Å². The van der Waals surface area contributed by atoms with E-state index in [1.807, 2.05) is 44.2 Å². The summed E-state index contributed by atoms with van der Waals surface area (Å²) in [6.45, 7) is 10.8. The second-order valence-electron chi connectivity index (χ2n) is 8.84. The van der Waals surface area contributed by atoms with Crippen molar-refractivity contribution in [2.75, 3.05) is 6.61 Å². The quantitative estimate of drug-likeness (QED) is 0.759. The molecule has 158 valence electrons. The lowest BCUT2D eigenvalue weighted by atomic mass is 9.85. The van der Waals surface area contributed by atoms with Crippen LogP contribution in [0.5, 0.6) is 0 Å². The van der Waals surface area contributed by atoms with Crippen molar-refractivity contribution < 1.29 is 19.4 Å². The van der Waals surface area contributed by atoms with Gasteiger partial charge in [-0.05, 0) is 45.6 Å². The van der Waals surface area contributed by atoms with Crippen LogP contribution < -0.4 is 0 Å². The molecule has 1 N–H and O–H groups in total. The van der Waals surface area contributed by atoms with Crippen molar-refractivity contribution in [1.29, 1.82) is 0 Å². The Balaban J connectivity index is 2.63. The van der Waals surface area contributed by atoms with Gasteiger partial charge in [0.15, 0.2) is 0 Å². The minimum atomic E-state index is -1.17. The van der Waals surface area contributed by atoms with Gasteiger partial charge < -0.3 is 9.84 Å². The van der Waals surface area contributed by atoms with E-state index in [1.54, 1.807) is 39.8 Å². The number of imide groups is 1. The third-order valence-corrected chi connectivity index (χ3v) is 4.68. The Hall–Kier alpha value is -2.47. The molecule has 1 aliphatic heterocycles. The number of ether oxygens (including phenoxy) is 1. The second-order valence-corrected chi connectivity index (χ2v) is 8.84. The number of carbonyl (C=O) groups is 2. The van der Waals surface area contributed by atoms with Gasteiger partial charge in [0.2, 0.25) is 0 Å². The van der Waals surface area contributed by atoms with Gasteiger partial charge >= 0.3 is 6.09 Å². The Labute approximate surface area is 173 Å². The highest BCUT2D eigenvalue weighted by Gasteiger charge is 2.49. The monoisotopic (exact) mass is 400 g/mol. The van der Waals surface area contributed by atoms with E-state index in [0.717, 1.165) is 5.56 Å². The van der Waals surface area contributed by atoms with Crippen molar-refractivity contribution in [3.63, 3.8) is 0 Å². The number of carbonyl (C=O) groups excluding carboxylic acids is 2. The van der Waals surface area contributed by atoms with Crippen LogP contribution in [-0.4, -0.2) is 51.5 Å². The van der Waals surface area contributed by atoms with Crippen molar-refractivity contribution in [2.45, 2.75) is 65.1 Å². The van der Waals surface area contributed by atoms with Crippen LogP contribution in [-0.2, 0) is 9.53 Å². The number of amides is 2. The molecule has 0 spiro atoms. The molecule has 1 aromatic carbocycles. The number of aliphatic imine (C=N–C) groups is 1. The molecule has 2 rings (SSSR count). The minimum absolute atomic E-state index is 0.0528. The Bertz CT molecular complexity index is 793. The summed E-state index contributed by atoms with van der Waals surface area (Å²) in [6.07, 6.45) is 2.89. The summed E-state index contributed by atoms with van der Waals surface area (Å²) in [4.78, 5) is 32.7. The van der Waals surface area contributed by atoms with Crippen LogP contribution in [0, 0.1) is 5.92 Å². The lowest BCUT2D eigenvalue weighted by molar-refractivity contribution is -0.138. The van der Waals surface area contributed by atoms with Gasteiger partial charge in [-0.25, -0.2) is 9.69 Å². The van der Waals surface area contributed by atoms with Crippen LogP contribution in [0.2, 0.25) is 0 Å². The summed E-state index contributed by atoms with van der Waals surface area (Å²) in [5.41, 5.74) is -0.345. The van der Waals surface area contributed by atoms with Crippen LogP contribution in [0.3, 0.4) is 0 Å². The highest BCUT2D eigenvalue weighted by Crippen LogP contribution is 2.33. The molecule has 2 amide bonds. The Morgan fingerprint density at radius 2 is 1.90 bits per heavy atom. The van der Waals surface area contributed by atoms with E-state index in [4.69, 9.17) is 14.8 Å². The molecule has 0 unspecified atom stereocenters. The van der Waals surface area contributed by atoms with Crippen molar-refractivity contribution in [2.24, 2.45) is 10.9 Å². The van der Waals surface area contributed by atoms with Gasteiger partial charge in [-0.2, -0.15) is 0 Å². The van der Waals surface area contributed by atoms with Crippen LogP contribution in [0.25, 0.3) is 0 Å². The fourth-order valence-corrected chi connectivity index (χ4v) is 3.37. The summed E-state index contributed by atoms with van der Waals surface area (Å²) in [5, 5.41) is 9.07. The second kappa shape index (κ2) is 8.91. The first kappa shape index (κ1) is 22.8. The molecule has 1 aliphatic rings. The molecule has 2 atom stereocenters. The first-order valence-electron chi connectivity index (χ1n) is 9.98. The third-order valence-electron chi connectivity index (χ3n) is 4.68. The molecular weight excluding hydrogens is 368 g/mol. The Morgan fingerprint density at radius 3 is 2.41 bits per heavy atom. The van der Waals surface area contributed by atoms with Crippen LogP contribution in [0.15, 0.2) is 47.5 Å². The zero-order valence-electron chi connectivity index (χ0n) is 18.2. The SMILES string of the molecule is CC(C)[C@@H]1C(c2ccccc2)=N[C@@](C)(C/C=C\CO)C(=O)N1C(=O)OC(C)(C)C. The van der Waals surface area contributed by atoms with Gasteiger partial charge in [0.05, 0.1) is 18.4 Å². The highest BCUT2D eigenvalue weighted by molar-refractivity contribution is 6.14. The Morgan fingerprint density at radius 1 is 1.28 bits per heavy atom. The average molecular weight is 401 g/mol. The smallest absolute Gasteiger partial charge is 0.417 e. The number of nitrogens with zero attached hydrogens (tertiary/aromatic N) is 2. The maximum absolute atomic E-state index is 13.5. The zero-order chi connectivity index (χ0) is 21.8. The predicted octanol–water partition coefficient (Wildman–Crippen LogP) is 3.97. The molecule has 29 heavy (non-hydrogen) atoms. The summed E-state index contributed by atoms with van der Waals surface area (Å²) >= 11 is 0. The minimum Gasteiger partial charge on any atom is -0.443 e. The number of benzene rings is 1. The summed E-state index contributed by atoms with van der Waals surface area (Å²) in [6, 6.07) is 9.06. The molecule has 1 aromatic rings. The van der Waals surface area contributed by atoms with Gasteiger partial charge in [0, 0.05) is 0 Å². The van der Waals surface area contributed by atoms with Crippen molar-refractivity contribution in [3.8, 4) is 0 Å². The van der Waals surface area contributed by atoms with E-state index in [-0.39, 0.29) is 18.9 Å². The molecule has 6 heteroatoms. The predicted molar refractivity (Wildman–Crippen MR) is 114 cm³/mol. The number of aliphatic hydroxyl groups is 1. The number of aliphatic hydroxyl groups excluding tert-OH is 1. The van der Waals surface area contributed by atoms with Gasteiger partial charge in [-0.3, -0.25) is 9.79 Å². The molecule has 0 saturated heterocycles. The van der Waals surface area contributed by atoms with Gasteiger partial charge in [-0.1, -0.05) is 56.3 Å². The molecule has 0 radical (unpaired) electrons. The lowest BCUT2D eigenvalue weighted by Crippen LogP contribution is -2.62. The largest absolute Gasteiger partial charge is 0.443 e. The third kappa shape index (κ3) is 5.32. The van der Waals surface area contributed by atoms with E-state index in [2.05, 4.69) is 0 Å². The maximum Gasteiger partial charge on any atom is 0.417 e. The van der Waals surface area contributed by atoms with Crippen molar-refractivity contribution in [1.82, 2.24) is 4.90 Å². The molecule has 0 saturated carbocycles. The van der Waals surface area contributed by atoms with E-state index in [0.29, 0.717) is 5.71 Å². The van der Waals surface area contributed by atoms with E-state index in [9.17, 15) is 9.59 Å². The maximum atomic E-state index is 13.5. The summed E-state index contributed by atoms with van der Waals surface area (Å²) < 4.78 is 5.58. The molecule has 0 fully saturated rings. The van der Waals surface area contributed by atoms with E-state index >= 15 is 0 Å². The van der Waals surface area contributed by atoms with Crippen LogP contribution in [0.4, 0.5) is 4.79 Å². The number of rotatable bonds is 5. The highest BCUT2D eigenvalue weighted by atomic mass is 16.6. The van der Waals surface area contributed by atoms with Gasteiger partial charge in [0.1, 0.15) is 11.1 Å². The standard InChI is InChI=1S/C23H32N2O4/c1-16(2)19-18(17-12-8-7-9-13-17)24-23(6,14-10-11-15-26)20(27)25(19)21(28)29-22(3,4)5/h7-13,16,19,26H,14-15H2,1-6H3/b11-10-/t19-,23+/m1/s1. The normalized spacial score (nSPS) is 22.9. The summed E-state index contributed by atoms with van der Waals surface area (Å²) in [5.74, 6) is -0.448. The number of hydrogen-bond donors (Lipinski definition) is 1. The summed E-state index contributed by atoms with van der Waals surface area (Å²) in [7, 11) is 0. The number of hydrogen-bond acceptors (Lipinski definition) is 5. The van der Waals surface area contributed by atoms with E-state index in [1.165, 1.54) is 4.90 Å². The van der Waals surface area contributed by atoms with Crippen molar-refractivity contribution >= 4 is 17.7 Å². The molecular formula is C23H32N2O4. The van der Waals surface area contributed by atoms with Crippen molar-refractivity contribution in [3.05, 3.63) is 48.0 Å². The Kier molecular flexibility index (Phi) is 7.01. The molecule has 1 heterocycles. The first-order chi connectivity index (χ1) is 13.5. The topological polar surface area (TPSA) is 79.2 Å². The zero-order valence-corrected chi connectivity index (χ0v) is 18.2. The fraction of sp³-hybridized carbons (Fsp3) is 0.522. The molecule has 6 nitrogen and oxygen atoms in total. The van der Waals surface area contributed by atoms with E-state index < -0.39 is 29.2 Å². The first-order valence-corrected chi connectivity index (χ1v) is 9.98. The molecule has 0 aliphatic carbocycles. The lowest BCUT2D eigenvalue weighted by Gasteiger charge is -2.43. The fourth-order valence-electron chi connectivity index (χ4n) is 3.37. The van der Waals surface area contributed by atoms with Gasteiger partial charge in [-0.15, -0.1) is 0 Å². The molecule has 0 aromatic heterocycles. The average Bonchev–Trinajstić information content (AvgIpc) is 2.62. The van der Waals surface area contributed by atoms with Crippen LogP contribution in [0.1, 0.15) is 53.5 Å². The molecule has 0 bridgehead atoms.